The van der Waals surface area contributed by atoms with Crippen LogP contribution in [-0.4, -0.2) is 17.1 Å². The van der Waals surface area contributed by atoms with Gasteiger partial charge in [0, 0.05) is 5.02 Å². The number of benzene rings is 2. The van der Waals surface area contributed by atoms with Gasteiger partial charge in [-0.25, -0.2) is 9.97 Å². The summed E-state index contributed by atoms with van der Waals surface area (Å²) in [6.07, 6.45) is 1.45. The molecule has 0 amide bonds. The fourth-order valence-electron chi connectivity index (χ4n) is 2.55. The van der Waals surface area contributed by atoms with Crippen molar-refractivity contribution in [3.63, 3.8) is 0 Å². The predicted molar refractivity (Wildman–Crippen MR) is 106 cm³/mol. The van der Waals surface area contributed by atoms with Crippen molar-refractivity contribution >= 4 is 34.6 Å². The summed E-state index contributed by atoms with van der Waals surface area (Å²) < 4.78 is 5.34. The number of halogens is 1. The Morgan fingerprint density at radius 3 is 2.54 bits per heavy atom. The van der Waals surface area contributed by atoms with Crippen LogP contribution >= 0.6 is 11.6 Å². The average molecular weight is 370 g/mol. The van der Waals surface area contributed by atoms with E-state index in [-0.39, 0.29) is 6.04 Å². The van der Waals surface area contributed by atoms with Gasteiger partial charge in [0.1, 0.15) is 17.8 Å². The molecule has 4 N–H and O–H groups in total. The molecular formula is C19H20ClN5O. The second-order valence-electron chi connectivity index (χ2n) is 5.73. The van der Waals surface area contributed by atoms with Crippen LogP contribution in [0.5, 0.6) is 5.75 Å². The van der Waals surface area contributed by atoms with Gasteiger partial charge in [0.2, 0.25) is 0 Å². The van der Waals surface area contributed by atoms with Crippen molar-refractivity contribution in [3.05, 3.63) is 65.4 Å². The maximum Gasteiger partial charge on any atom is 0.159 e. The van der Waals surface area contributed by atoms with Crippen LogP contribution in [-0.2, 0) is 0 Å². The van der Waals surface area contributed by atoms with Crippen molar-refractivity contribution in [1.82, 2.24) is 9.97 Å². The zero-order chi connectivity index (χ0) is 18.5. The number of ether oxygens (including phenoxy) is 1. The van der Waals surface area contributed by atoms with Crippen LogP contribution in [0.15, 0.2) is 54.9 Å². The van der Waals surface area contributed by atoms with Gasteiger partial charge in [0.05, 0.1) is 18.8 Å². The molecule has 0 aliphatic rings. The Hall–Kier alpha value is -2.99. The monoisotopic (exact) mass is 369 g/mol. The summed E-state index contributed by atoms with van der Waals surface area (Å²) >= 11 is 6.08. The van der Waals surface area contributed by atoms with E-state index in [4.69, 9.17) is 22.1 Å². The van der Waals surface area contributed by atoms with E-state index in [1.165, 1.54) is 6.33 Å². The maximum atomic E-state index is 6.26. The summed E-state index contributed by atoms with van der Waals surface area (Å²) in [4.78, 5) is 8.50. The molecule has 0 saturated carbocycles. The molecule has 1 unspecified atom stereocenters. The van der Waals surface area contributed by atoms with Crippen molar-refractivity contribution < 1.29 is 4.74 Å². The zero-order valence-corrected chi connectivity index (χ0v) is 15.3. The largest absolute Gasteiger partial charge is 0.495 e. The molecule has 0 fully saturated rings. The Morgan fingerprint density at radius 1 is 1.08 bits per heavy atom. The van der Waals surface area contributed by atoms with E-state index < -0.39 is 0 Å². The molecule has 0 bridgehead atoms. The highest BCUT2D eigenvalue weighted by Crippen LogP contribution is 2.33. The van der Waals surface area contributed by atoms with Gasteiger partial charge in [-0.2, -0.15) is 0 Å². The smallest absolute Gasteiger partial charge is 0.159 e. The Balaban J connectivity index is 1.85. The quantitative estimate of drug-likeness (QED) is 0.587. The van der Waals surface area contributed by atoms with Crippen molar-refractivity contribution in [2.75, 3.05) is 23.5 Å². The number of anilines is 4. The first-order valence-electron chi connectivity index (χ1n) is 8.11. The van der Waals surface area contributed by atoms with Crippen molar-refractivity contribution in [1.29, 1.82) is 0 Å². The predicted octanol–water partition coefficient (Wildman–Crippen LogP) is 4.64. The van der Waals surface area contributed by atoms with E-state index in [9.17, 15) is 0 Å². The Morgan fingerprint density at radius 2 is 1.81 bits per heavy atom. The molecule has 26 heavy (non-hydrogen) atoms. The summed E-state index contributed by atoms with van der Waals surface area (Å²) in [5.74, 6) is 1.67. The molecule has 0 spiro atoms. The maximum absolute atomic E-state index is 6.26. The van der Waals surface area contributed by atoms with Gasteiger partial charge < -0.3 is 21.1 Å². The molecular weight excluding hydrogens is 350 g/mol. The van der Waals surface area contributed by atoms with Crippen molar-refractivity contribution in [2.24, 2.45) is 0 Å². The van der Waals surface area contributed by atoms with Crippen LogP contribution in [0.25, 0.3) is 0 Å². The van der Waals surface area contributed by atoms with Gasteiger partial charge in [-0.15, -0.1) is 0 Å². The SMILES string of the molecule is COc1ccc(Cl)cc1Nc1ncnc(NC(C)c2ccccc2)c1N. The van der Waals surface area contributed by atoms with Crippen LogP contribution in [0.3, 0.4) is 0 Å². The second kappa shape index (κ2) is 7.93. The molecule has 0 saturated heterocycles. The minimum absolute atomic E-state index is 0.0435. The lowest BCUT2D eigenvalue weighted by Gasteiger charge is -2.18. The van der Waals surface area contributed by atoms with Gasteiger partial charge in [-0.05, 0) is 30.7 Å². The van der Waals surface area contributed by atoms with E-state index in [1.807, 2.05) is 37.3 Å². The first-order valence-corrected chi connectivity index (χ1v) is 8.49. The highest BCUT2D eigenvalue weighted by molar-refractivity contribution is 6.31. The third kappa shape index (κ3) is 3.97. The number of nitrogens with two attached hydrogens (primary N) is 1. The fraction of sp³-hybridized carbons (Fsp3) is 0.158. The topological polar surface area (TPSA) is 85.1 Å². The molecule has 0 aliphatic carbocycles. The molecule has 3 aromatic rings. The third-order valence-corrected chi connectivity index (χ3v) is 4.19. The van der Waals surface area contributed by atoms with Crippen LogP contribution < -0.4 is 21.1 Å². The van der Waals surface area contributed by atoms with Gasteiger partial charge in [-0.3, -0.25) is 0 Å². The molecule has 134 valence electrons. The highest BCUT2D eigenvalue weighted by Gasteiger charge is 2.13. The van der Waals surface area contributed by atoms with E-state index >= 15 is 0 Å². The standard InChI is InChI=1S/C19H20ClN5O/c1-12(13-6-4-3-5-7-13)24-18-17(21)19(23-11-22-18)25-15-10-14(20)8-9-16(15)26-2/h3-12H,21H2,1-2H3,(H2,22,23,24,25). The average Bonchev–Trinajstić information content (AvgIpc) is 2.66. The molecule has 1 atom stereocenters. The number of nitrogen functional groups attached to an aromatic ring is 1. The number of hydrogen-bond donors (Lipinski definition) is 3. The normalized spacial score (nSPS) is 11.7. The van der Waals surface area contributed by atoms with Crippen LogP contribution in [0.2, 0.25) is 5.02 Å². The lowest BCUT2D eigenvalue weighted by atomic mass is 10.1. The fourth-order valence-corrected chi connectivity index (χ4v) is 2.72. The number of rotatable bonds is 6. The molecule has 0 aliphatic heterocycles. The third-order valence-electron chi connectivity index (χ3n) is 3.95. The molecule has 7 heteroatoms. The second-order valence-corrected chi connectivity index (χ2v) is 6.17. The van der Waals surface area contributed by atoms with Gasteiger partial charge in [-0.1, -0.05) is 41.9 Å². The molecule has 0 radical (unpaired) electrons. The minimum Gasteiger partial charge on any atom is -0.495 e. The highest BCUT2D eigenvalue weighted by atomic mass is 35.5. The number of methoxy groups -OCH3 is 1. The first kappa shape index (κ1) is 17.8. The lowest BCUT2D eigenvalue weighted by Crippen LogP contribution is -2.11. The number of nitrogens with zero attached hydrogens (tertiary/aromatic N) is 2. The van der Waals surface area contributed by atoms with E-state index in [0.717, 1.165) is 5.56 Å². The zero-order valence-electron chi connectivity index (χ0n) is 14.5. The van der Waals surface area contributed by atoms with Crippen LogP contribution in [0, 0.1) is 0 Å². The Labute approximate surface area is 157 Å². The Bertz CT molecular complexity index is 888. The van der Waals surface area contributed by atoms with E-state index in [2.05, 4.69) is 20.6 Å². The minimum atomic E-state index is 0.0435. The first-order chi connectivity index (χ1) is 12.6. The molecule has 1 heterocycles. The Kier molecular flexibility index (Phi) is 5.43. The summed E-state index contributed by atoms with van der Waals surface area (Å²) in [6.45, 7) is 2.05. The summed E-state index contributed by atoms with van der Waals surface area (Å²) in [7, 11) is 1.59. The lowest BCUT2D eigenvalue weighted by molar-refractivity contribution is 0.417. The van der Waals surface area contributed by atoms with Crippen LogP contribution in [0.1, 0.15) is 18.5 Å². The van der Waals surface area contributed by atoms with E-state index in [1.54, 1.807) is 25.3 Å². The number of hydrogen-bond acceptors (Lipinski definition) is 6. The van der Waals surface area contributed by atoms with Gasteiger partial charge in [0.15, 0.2) is 11.6 Å². The van der Waals surface area contributed by atoms with E-state index in [0.29, 0.717) is 33.8 Å². The molecule has 3 rings (SSSR count). The molecule has 6 nitrogen and oxygen atoms in total. The van der Waals surface area contributed by atoms with Crippen molar-refractivity contribution in [3.8, 4) is 5.75 Å². The summed E-state index contributed by atoms with van der Waals surface area (Å²) in [5.41, 5.74) is 8.49. The van der Waals surface area contributed by atoms with Gasteiger partial charge >= 0.3 is 0 Å². The van der Waals surface area contributed by atoms with Gasteiger partial charge in [0.25, 0.3) is 0 Å². The van der Waals surface area contributed by atoms with Crippen molar-refractivity contribution in [2.45, 2.75) is 13.0 Å². The molecule has 1 aromatic heterocycles. The number of nitrogens with one attached hydrogen (secondary N) is 2. The summed E-state index contributed by atoms with van der Waals surface area (Å²) in [5, 5.41) is 7.06. The molecule has 2 aromatic carbocycles. The number of aromatic nitrogens is 2. The van der Waals surface area contributed by atoms with Crippen LogP contribution in [0.4, 0.5) is 23.0 Å². The summed E-state index contributed by atoms with van der Waals surface area (Å²) in [6, 6.07) is 15.4.